The fourth-order valence-electron chi connectivity index (χ4n) is 2.91. The smallest absolute Gasteiger partial charge is 0.143 e. The molecule has 3 nitrogen and oxygen atoms in total. The minimum atomic E-state index is 0.732. The van der Waals surface area contributed by atoms with E-state index in [9.17, 15) is 0 Å². The third-order valence-corrected chi connectivity index (χ3v) is 4.09. The number of rotatable bonds is 3. The molecule has 0 radical (unpaired) electrons. The molecule has 0 bridgehead atoms. The summed E-state index contributed by atoms with van der Waals surface area (Å²) in [4.78, 5) is 2.51. The first-order valence-electron chi connectivity index (χ1n) is 7.02. The maximum absolute atomic E-state index is 6.05. The number of ether oxygens (including phenoxy) is 1. The lowest BCUT2D eigenvalue weighted by molar-refractivity contribution is 0.416. The molecule has 1 aromatic rings. The molecule has 2 N–H and O–H groups in total. The molecule has 0 atom stereocenters. The average Bonchev–Trinajstić information content (AvgIpc) is 3.24. The summed E-state index contributed by atoms with van der Waals surface area (Å²) in [6.07, 6.45) is 6.59. The van der Waals surface area contributed by atoms with E-state index in [1.807, 2.05) is 0 Å². The largest absolute Gasteiger partial charge is 0.495 e. The lowest BCUT2D eigenvalue weighted by Gasteiger charge is -2.31. The van der Waals surface area contributed by atoms with Crippen LogP contribution in [0.4, 0.5) is 11.4 Å². The Morgan fingerprint density at radius 2 is 1.89 bits per heavy atom. The number of hydrogen-bond donors (Lipinski definition) is 1. The fourth-order valence-corrected chi connectivity index (χ4v) is 2.91. The standard InChI is InChI=1S/C15H22N2O/c1-18-15-10-14(17-7-3-2-4-8-17)12(9-13(15)16)11-5-6-11/h9-11H,2-8,16H2,1H3. The van der Waals surface area contributed by atoms with Crippen molar-refractivity contribution >= 4 is 11.4 Å². The maximum atomic E-state index is 6.05. The number of nitrogens with zero attached hydrogens (tertiary/aromatic N) is 1. The van der Waals surface area contributed by atoms with Gasteiger partial charge in [0.25, 0.3) is 0 Å². The highest BCUT2D eigenvalue weighted by molar-refractivity contribution is 5.68. The Balaban J connectivity index is 1.98. The second-order valence-corrected chi connectivity index (χ2v) is 5.47. The topological polar surface area (TPSA) is 38.5 Å². The van der Waals surface area contributed by atoms with Crippen LogP contribution in [0, 0.1) is 0 Å². The van der Waals surface area contributed by atoms with Gasteiger partial charge in [-0.05, 0) is 49.7 Å². The van der Waals surface area contributed by atoms with Crippen LogP contribution in [0.1, 0.15) is 43.6 Å². The van der Waals surface area contributed by atoms with Crippen LogP contribution in [0.25, 0.3) is 0 Å². The minimum absolute atomic E-state index is 0.732. The summed E-state index contributed by atoms with van der Waals surface area (Å²) in [7, 11) is 1.70. The van der Waals surface area contributed by atoms with Crippen molar-refractivity contribution in [2.75, 3.05) is 30.8 Å². The van der Waals surface area contributed by atoms with Crippen LogP contribution in [0.5, 0.6) is 5.75 Å². The van der Waals surface area contributed by atoms with E-state index in [0.717, 1.165) is 17.4 Å². The minimum Gasteiger partial charge on any atom is -0.495 e. The molecule has 18 heavy (non-hydrogen) atoms. The second-order valence-electron chi connectivity index (χ2n) is 5.47. The lowest BCUT2D eigenvalue weighted by Crippen LogP contribution is -2.30. The zero-order valence-electron chi connectivity index (χ0n) is 11.1. The molecule has 3 rings (SSSR count). The first kappa shape index (κ1) is 11.7. The number of anilines is 2. The lowest BCUT2D eigenvalue weighted by atomic mass is 10.0. The number of piperidine rings is 1. The van der Waals surface area contributed by atoms with Crippen molar-refractivity contribution in [2.45, 2.75) is 38.0 Å². The maximum Gasteiger partial charge on any atom is 0.143 e. The monoisotopic (exact) mass is 246 g/mol. The van der Waals surface area contributed by atoms with Gasteiger partial charge in [-0.25, -0.2) is 0 Å². The van der Waals surface area contributed by atoms with Gasteiger partial charge in [0.15, 0.2) is 0 Å². The first-order valence-corrected chi connectivity index (χ1v) is 7.02. The quantitative estimate of drug-likeness (QED) is 0.833. The summed E-state index contributed by atoms with van der Waals surface area (Å²) < 4.78 is 5.38. The van der Waals surface area contributed by atoms with Crippen molar-refractivity contribution in [3.05, 3.63) is 17.7 Å². The van der Waals surface area contributed by atoms with Gasteiger partial charge in [0.2, 0.25) is 0 Å². The van der Waals surface area contributed by atoms with E-state index >= 15 is 0 Å². The van der Waals surface area contributed by atoms with Crippen molar-refractivity contribution in [3.63, 3.8) is 0 Å². The third-order valence-electron chi connectivity index (χ3n) is 4.09. The Morgan fingerprint density at radius 1 is 1.17 bits per heavy atom. The van der Waals surface area contributed by atoms with Gasteiger partial charge < -0.3 is 15.4 Å². The highest BCUT2D eigenvalue weighted by Crippen LogP contribution is 2.47. The highest BCUT2D eigenvalue weighted by atomic mass is 16.5. The van der Waals surface area contributed by atoms with Crippen LogP contribution in [0.2, 0.25) is 0 Å². The normalized spacial score (nSPS) is 19.9. The fraction of sp³-hybridized carbons (Fsp3) is 0.600. The van der Waals surface area contributed by atoms with E-state index in [-0.39, 0.29) is 0 Å². The van der Waals surface area contributed by atoms with Gasteiger partial charge in [0.1, 0.15) is 5.75 Å². The summed E-state index contributed by atoms with van der Waals surface area (Å²) in [5.74, 6) is 1.55. The molecule has 2 fully saturated rings. The molecule has 1 aliphatic carbocycles. The van der Waals surface area contributed by atoms with Gasteiger partial charge in [-0.1, -0.05) is 0 Å². The molecule has 1 heterocycles. The van der Waals surface area contributed by atoms with E-state index in [2.05, 4.69) is 17.0 Å². The molecule has 3 heteroatoms. The number of nitrogens with two attached hydrogens (primary N) is 1. The van der Waals surface area contributed by atoms with Crippen molar-refractivity contribution in [1.29, 1.82) is 0 Å². The van der Waals surface area contributed by atoms with Crippen LogP contribution in [-0.4, -0.2) is 20.2 Å². The molecule has 1 aromatic carbocycles. The van der Waals surface area contributed by atoms with Crippen LogP contribution >= 0.6 is 0 Å². The van der Waals surface area contributed by atoms with Crippen LogP contribution in [0.3, 0.4) is 0 Å². The van der Waals surface area contributed by atoms with Gasteiger partial charge in [-0.3, -0.25) is 0 Å². The predicted octanol–water partition coefficient (Wildman–Crippen LogP) is 3.15. The molecule has 0 unspecified atom stereocenters. The van der Waals surface area contributed by atoms with E-state index < -0.39 is 0 Å². The van der Waals surface area contributed by atoms with Crippen molar-refractivity contribution in [2.24, 2.45) is 0 Å². The zero-order chi connectivity index (χ0) is 12.5. The molecule has 1 aliphatic heterocycles. The Kier molecular flexibility index (Phi) is 3.06. The number of benzene rings is 1. The van der Waals surface area contributed by atoms with Gasteiger partial charge >= 0.3 is 0 Å². The van der Waals surface area contributed by atoms with Crippen LogP contribution in [0.15, 0.2) is 12.1 Å². The van der Waals surface area contributed by atoms with Crippen LogP contribution < -0.4 is 15.4 Å². The summed E-state index contributed by atoms with van der Waals surface area (Å²) >= 11 is 0. The van der Waals surface area contributed by atoms with E-state index in [1.54, 1.807) is 7.11 Å². The molecule has 1 saturated carbocycles. The Bertz CT molecular complexity index is 434. The van der Waals surface area contributed by atoms with Gasteiger partial charge in [-0.15, -0.1) is 0 Å². The summed E-state index contributed by atoms with van der Waals surface area (Å²) in [5, 5.41) is 0. The molecular formula is C15H22N2O. The SMILES string of the molecule is COc1cc(N2CCCCC2)c(C2CC2)cc1N. The number of hydrogen-bond acceptors (Lipinski definition) is 3. The molecule has 0 aromatic heterocycles. The van der Waals surface area contributed by atoms with E-state index in [0.29, 0.717) is 0 Å². The summed E-state index contributed by atoms with van der Waals surface area (Å²) in [6.45, 7) is 2.35. The van der Waals surface area contributed by atoms with Crippen molar-refractivity contribution in [1.82, 2.24) is 0 Å². The first-order chi connectivity index (χ1) is 8.79. The predicted molar refractivity (Wildman–Crippen MR) is 75.4 cm³/mol. The van der Waals surface area contributed by atoms with Gasteiger partial charge in [0, 0.05) is 24.8 Å². The third kappa shape index (κ3) is 2.14. The summed E-state index contributed by atoms with van der Waals surface area (Å²) in [5.41, 5.74) is 9.63. The van der Waals surface area contributed by atoms with Crippen LogP contribution in [-0.2, 0) is 0 Å². The van der Waals surface area contributed by atoms with Gasteiger partial charge in [-0.2, -0.15) is 0 Å². The molecule has 0 amide bonds. The Morgan fingerprint density at radius 3 is 2.50 bits per heavy atom. The number of nitrogen functional groups attached to an aromatic ring is 1. The van der Waals surface area contributed by atoms with Crippen molar-refractivity contribution in [3.8, 4) is 5.75 Å². The molecule has 2 aliphatic rings. The number of methoxy groups -OCH3 is 1. The average molecular weight is 246 g/mol. The van der Waals surface area contributed by atoms with E-state index in [1.165, 1.54) is 56.4 Å². The summed E-state index contributed by atoms with van der Waals surface area (Å²) in [6, 6.07) is 4.29. The molecule has 1 saturated heterocycles. The zero-order valence-corrected chi connectivity index (χ0v) is 11.1. The highest BCUT2D eigenvalue weighted by Gasteiger charge is 2.29. The second kappa shape index (κ2) is 4.71. The van der Waals surface area contributed by atoms with E-state index in [4.69, 9.17) is 10.5 Å². The molecule has 0 spiro atoms. The Labute approximate surface area is 109 Å². The van der Waals surface area contributed by atoms with Crippen molar-refractivity contribution < 1.29 is 4.74 Å². The van der Waals surface area contributed by atoms with Gasteiger partial charge in [0.05, 0.1) is 12.8 Å². The Hall–Kier alpha value is -1.38. The molecular weight excluding hydrogens is 224 g/mol. The molecule has 98 valence electrons.